The Labute approximate surface area is 191 Å². The van der Waals surface area contributed by atoms with Crippen molar-refractivity contribution >= 4 is 0 Å². The highest BCUT2D eigenvalue weighted by Gasteiger charge is 2.32. The summed E-state index contributed by atoms with van der Waals surface area (Å²) in [5.74, 6) is -0.628. The maximum absolute atomic E-state index is 14.3. The molecule has 0 radical (unpaired) electrons. The second-order valence-corrected chi connectivity index (χ2v) is 8.48. The number of hydrogen-bond acceptors (Lipinski definition) is 2. The highest BCUT2D eigenvalue weighted by Crippen LogP contribution is 2.35. The maximum atomic E-state index is 14.3. The smallest absolute Gasteiger partial charge is 0.416 e. The van der Waals surface area contributed by atoms with Gasteiger partial charge in [0.15, 0.2) is 11.6 Å². The van der Waals surface area contributed by atoms with E-state index >= 15 is 0 Å². The van der Waals surface area contributed by atoms with Crippen LogP contribution in [0.25, 0.3) is 0 Å². The molecule has 33 heavy (non-hydrogen) atoms. The number of piperidine rings is 1. The van der Waals surface area contributed by atoms with Crippen LogP contribution in [0.5, 0.6) is 5.75 Å². The van der Waals surface area contributed by atoms with Crippen LogP contribution in [0.15, 0.2) is 78.9 Å². The van der Waals surface area contributed by atoms with Gasteiger partial charge in [-0.15, -0.1) is 0 Å². The van der Waals surface area contributed by atoms with E-state index in [2.05, 4.69) is 29.2 Å². The van der Waals surface area contributed by atoms with Gasteiger partial charge >= 0.3 is 6.18 Å². The van der Waals surface area contributed by atoms with E-state index in [4.69, 9.17) is 4.74 Å². The van der Waals surface area contributed by atoms with E-state index in [1.54, 1.807) is 0 Å². The first-order valence-corrected chi connectivity index (χ1v) is 11.3. The molecule has 3 aromatic carbocycles. The molecule has 1 saturated heterocycles. The Morgan fingerprint density at radius 2 is 1.52 bits per heavy atom. The molecule has 2 nitrogen and oxygen atoms in total. The summed E-state index contributed by atoms with van der Waals surface area (Å²) in [4.78, 5) is 2.35. The molecule has 174 valence electrons. The molecule has 3 aromatic rings. The van der Waals surface area contributed by atoms with Crippen LogP contribution in [0.4, 0.5) is 17.6 Å². The predicted molar refractivity (Wildman–Crippen MR) is 121 cm³/mol. The second-order valence-electron chi connectivity index (χ2n) is 8.48. The van der Waals surface area contributed by atoms with Crippen LogP contribution in [0.1, 0.15) is 48.0 Å². The van der Waals surface area contributed by atoms with Crippen LogP contribution in [0.3, 0.4) is 0 Å². The van der Waals surface area contributed by atoms with Crippen LogP contribution in [-0.4, -0.2) is 24.5 Å². The number of benzene rings is 3. The lowest BCUT2D eigenvalue weighted by molar-refractivity contribution is -0.137. The SMILES string of the molecule is Fc1ccc(C(F)(F)F)cc1O[C@H](CCN1CCC(c2ccccc2)CC1)c1ccccc1. The Bertz CT molecular complexity index is 1020. The molecule has 1 aliphatic heterocycles. The van der Waals surface area contributed by atoms with Gasteiger partial charge < -0.3 is 9.64 Å². The summed E-state index contributed by atoms with van der Waals surface area (Å²) in [6.45, 7) is 2.61. The molecule has 6 heteroatoms. The molecule has 0 saturated carbocycles. The van der Waals surface area contributed by atoms with Gasteiger partial charge in [0, 0.05) is 13.0 Å². The van der Waals surface area contributed by atoms with Crippen molar-refractivity contribution in [1.82, 2.24) is 4.90 Å². The van der Waals surface area contributed by atoms with Crippen molar-refractivity contribution in [2.24, 2.45) is 0 Å². The van der Waals surface area contributed by atoms with Crippen LogP contribution >= 0.6 is 0 Å². The minimum atomic E-state index is -4.56. The topological polar surface area (TPSA) is 12.5 Å². The molecule has 0 unspecified atom stereocenters. The Balaban J connectivity index is 1.43. The van der Waals surface area contributed by atoms with Crippen LogP contribution in [0.2, 0.25) is 0 Å². The standard InChI is InChI=1S/C27H27F4NO/c28-24-12-11-23(27(29,30)31)19-26(24)33-25(22-9-5-2-6-10-22)15-18-32-16-13-21(14-17-32)20-7-3-1-4-8-20/h1-12,19,21,25H,13-18H2/t25-/m1/s1. The fourth-order valence-corrected chi connectivity index (χ4v) is 4.40. The molecular formula is C27H27F4NO. The zero-order valence-electron chi connectivity index (χ0n) is 18.3. The summed E-state index contributed by atoms with van der Waals surface area (Å²) in [6, 6.07) is 22.1. The number of rotatable bonds is 7. The monoisotopic (exact) mass is 457 g/mol. The van der Waals surface area contributed by atoms with Gasteiger partial charge in [-0.25, -0.2) is 4.39 Å². The van der Waals surface area contributed by atoms with Gasteiger partial charge in [0.2, 0.25) is 0 Å². The molecular weight excluding hydrogens is 430 g/mol. The van der Waals surface area contributed by atoms with Crippen molar-refractivity contribution in [1.29, 1.82) is 0 Å². The Hall–Kier alpha value is -2.86. The van der Waals surface area contributed by atoms with E-state index < -0.39 is 23.7 Å². The lowest BCUT2D eigenvalue weighted by atomic mass is 9.89. The molecule has 0 N–H and O–H groups in total. The number of hydrogen-bond donors (Lipinski definition) is 0. The Morgan fingerprint density at radius 3 is 2.15 bits per heavy atom. The third-order valence-corrected chi connectivity index (χ3v) is 6.27. The minimum Gasteiger partial charge on any atom is -0.483 e. The molecule has 0 amide bonds. The second kappa shape index (κ2) is 10.4. The molecule has 1 heterocycles. The Morgan fingerprint density at radius 1 is 0.879 bits per heavy atom. The molecule has 1 fully saturated rings. The fraction of sp³-hybridized carbons (Fsp3) is 0.333. The van der Waals surface area contributed by atoms with Crippen molar-refractivity contribution in [3.63, 3.8) is 0 Å². The van der Waals surface area contributed by atoms with Crippen LogP contribution in [-0.2, 0) is 6.18 Å². The summed E-state index contributed by atoms with van der Waals surface area (Å²) in [7, 11) is 0. The normalized spacial score (nSPS) is 16.5. The third-order valence-electron chi connectivity index (χ3n) is 6.27. The summed E-state index contributed by atoms with van der Waals surface area (Å²) in [5.41, 5.74) is 1.25. The van der Waals surface area contributed by atoms with Gasteiger partial charge in [0.05, 0.1) is 5.56 Å². The zero-order chi connectivity index (χ0) is 23.3. The zero-order valence-corrected chi connectivity index (χ0v) is 18.3. The number of ether oxygens (including phenoxy) is 1. The first-order valence-electron chi connectivity index (χ1n) is 11.3. The number of nitrogens with zero attached hydrogens (tertiary/aromatic N) is 1. The number of likely N-dealkylation sites (tertiary alicyclic amines) is 1. The number of halogens is 4. The van der Waals surface area contributed by atoms with Gasteiger partial charge in [-0.3, -0.25) is 0 Å². The van der Waals surface area contributed by atoms with E-state index in [-0.39, 0.29) is 5.75 Å². The highest BCUT2D eigenvalue weighted by atomic mass is 19.4. The average molecular weight is 458 g/mol. The van der Waals surface area contributed by atoms with Crippen LogP contribution in [0, 0.1) is 5.82 Å². The van der Waals surface area contributed by atoms with Crippen molar-refractivity contribution in [3.05, 3.63) is 101 Å². The van der Waals surface area contributed by atoms with Gasteiger partial charge in [-0.05, 0) is 61.2 Å². The first kappa shape index (κ1) is 23.3. The van der Waals surface area contributed by atoms with E-state index in [0.717, 1.165) is 56.2 Å². The van der Waals surface area contributed by atoms with E-state index in [1.807, 2.05) is 36.4 Å². The molecule has 0 bridgehead atoms. The molecule has 1 aliphatic rings. The summed E-state index contributed by atoms with van der Waals surface area (Å²) < 4.78 is 59.5. The largest absolute Gasteiger partial charge is 0.483 e. The van der Waals surface area contributed by atoms with Gasteiger partial charge in [0.1, 0.15) is 6.10 Å². The van der Waals surface area contributed by atoms with Gasteiger partial charge in [-0.2, -0.15) is 13.2 Å². The van der Waals surface area contributed by atoms with E-state index in [1.165, 1.54) is 5.56 Å². The summed E-state index contributed by atoms with van der Waals surface area (Å²) in [6.07, 6.45) is -2.44. The van der Waals surface area contributed by atoms with Crippen molar-refractivity contribution < 1.29 is 22.3 Å². The van der Waals surface area contributed by atoms with E-state index in [9.17, 15) is 17.6 Å². The molecule has 0 aliphatic carbocycles. The Kier molecular flexibility index (Phi) is 7.33. The van der Waals surface area contributed by atoms with Crippen LogP contribution < -0.4 is 4.74 Å². The quantitative estimate of drug-likeness (QED) is 0.347. The van der Waals surface area contributed by atoms with Crippen molar-refractivity contribution in [3.8, 4) is 5.75 Å². The maximum Gasteiger partial charge on any atom is 0.416 e. The fourth-order valence-electron chi connectivity index (χ4n) is 4.40. The lowest BCUT2D eigenvalue weighted by Crippen LogP contribution is -2.34. The predicted octanol–water partition coefficient (Wildman–Crippen LogP) is 7.23. The van der Waals surface area contributed by atoms with Gasteiger partial charge in [-0.1, -0.05) is 60.7 Å². The average Bonchev–Trinajstić information content (AvgIpc) is 2.83. The molecule has 0 spiro atoms. The van der Waals surface area contributed by atoms with Crippen molar-refractivity contribution in [2.45, 2.75) is 37.5 Å². The summed E-state index contributed by atoms with van der Waals surface area (Å²) in [5, 5.41) is 0. The lowest BCUT2D eigenvalue weighted by Gasteiger charge is -2.33. The molecule has 0 aromatic heterocycles. The molecule has 1 atom stereocenters. The highest BCUT2D eigenvalue weighted by molar-refractivity contribution is 5.33. The third kappa shape index (κ3) is 6.14. The minimum absolute atomic E-state index is 0.374. The summed E-state index contributed by atoms with van der Waals surface area (Å²) >= 11 is 0. The first-order chi connectivity index (χ1) is 15.9. The van der Waals surface area contributed by atoms with E-state index in [0.29, 0.717) is 12.3 Å². The molecule has 4 rings (SSSR count). The van der Waals surface area contributed by atoms with Crippen molar-refractivity contribution in [2.75, 3.05) is 19.6 Å². The van der Waals surface area contributed by atoms with Gasteiger partial charge in [0.25, 0.3) is 0 Å². The number of alkyl halides is 3.